The van der Waals surface area contributed by atoms with Crippen LogP contribution in [0.25, 0.3) is 11.5 Å². The van der Waals surface area contributed by atoms with Gasteiger partial charge in [-0.25, -0.2) is 4.98 Å². The number of carboxylic acids is 1. The normalized spacial score (nSPS) is 21.4. The van der Waals surface area contributed by atoms with Gasteiger partial charge in [0.2, 0.25) is 11.7 Å². The number of aromatic nitrogens is 3. The average Bonchev–Trinajstić information content (AvgIpc) is 3.01. The van der Waals surface area contributed by atoms with Gasteiger partial charge in [0.1, 0.15) is 5.69 Å². The molecule has 0 aromatic carbocycles. The van der Waals surface area contributed by atoms with Crippen LogP contribution in [0.2, 0.25) is 10.0 Å². The molecule has 1 saturated carbocycles. The second kappa shape index (κ2) is 4.47. The zero-order chi connectivity index (χ0) is 13.6. The summed E-state index contributed by atoms with van der Waals surface area (Å²) in [6, 6.07) is 1.53. The Kier molecular flexibility index (Phi) is 2.91. The van der Waals surface area contributed by atoms with Gasteiger partial charge in [0.15, 0.2) is 0 Å². The molecule has 2 heterocycles. The van der Waals surface area contributed by atoms with Gasteiger partial charge in [-0.05, 0) is 12.5 Å². The van der Waals surface area contributed by atoms with E-state index >= 15 is 0 Å². The third-order valence-corrected chi connectivity index (χ3v) is 3.38. The summed E-state index contributed by atoms with van der Waals surface area (Å²) in [5.74, 6) is -0.984. The summed E-state index contributed by atoms with van der Waals surface area (Å²) in [6.07, 6.45) is 1.94. The van der Waals surface area contributed by atoms with E-state index in [-0.39, 0.29) is 11.7 Å². The molecule has 0 saturated heterocycles. The molecule has 2 aromatic heterocycles. The van der Waals surface area contributed by atoms with Gasteiger partial charge in [0.25, 0.3) is 0 Å². The van der Waals surface area contributed by atoms with Gasteiger partial charge in [-0.15, -0.1) is 0 Å². The number of pyridine rings is 1. The molecule has 8 heteroatoms. The second-order valence-electron chi connectivity index (χ2n) is 4.23. The van der Waals surface area contributed by atoms with Crippen LogP contribution in [-0.4, -0.2) is 26.2 Å². The van der Waals surface area contributed by atoms with Gasteiger partial charge in [0, 0.05) is 6.20 Å². The fourth-order valence-electron chi connectivity index (χ4n) is 1.80. The number of hydrogen-bond acceptors (Lipinski definition) is 5. The van der Waals surface area contributed by atoms with Crippen LogP contribution < -0.4 is 0 Å². The van der Waals surface area contributed by atoms with Crippen molar-refractivity contribution in [1.29, 1.82) is 0 Å². The third kappa shape index (κ3) is 2.29. The summed E-state index contributed by atoms with van der Waals surface area (Å²) in [7, 11) is 0. The van der Waals surface area contributed by atoms with Crippen molar-refractivity contribution in [3.63, 3.8) is 0 Å². The molecule has 0 bridgehead atoms. The van der Waals surface area contributed by atoms with Gasteiger partial charge in [-0.1, -0.05) is 28.4 Å². The zero-order valence-electron chi connectivity index (χ0n) is 9.38. The van der Waals surface area contributed by atoms with Crippen LogP contribution in [0.15, 0.2) is 16.8 Å². The molecule has 1 aliphatic carbocycles. The fourth-order valence-corrected chi connectivity index (χ4v) is 2.27. The van der Waals surface area contributed by atoms with Crippen molar-refractivity contribution in [3.8, 4) is 11.5 Å². The summed E-state index contributed by atoms with van der Waals surface area (Å²) in [4.78, 5) is 18.9. The number of carbonyl (C=O) groups is 1. The Bertz CT molecular complexity index is 658. The lowest BCUT2D eigenvalue weighted by Gasteiger charge is -1.97. The molecule has 3 rings (SSSR count). The maximum absolute atomic E-state index is 10.8. The van der Waals surface area contributed by atoms with Gasteiger partial charge in [-0.2, -0.15) is 4.98 Å². The molecule has 0 amide bonds. The lowest BCUT2D eigenvalue weighted by atomic mass is 10.3. The average molecular weight is 300 g/mol. The molecule has 6 nitrogen and oxygen atoms in total. The van der Waals surface area contributed by atoms with Crippen molar-refractivity contribution in [2.24, 2.45) is 5.92 Å². The molecular weight excluding hydrogens is 293 g/mol. The number of carboxylic acid groups (broad SMARTS) is 1. The standard InChI is InChI=1S/C11H7Cl2N3O3/c12-4-1-7(13)8(14-3-4)9-15-10(19-16-9)5-2-6(5)11(17)18/h1,3,5-6H,2H2,(H,17,18). The van der Waals surface area contributed by atoms with Gasteiger partial charge in [0.05, 0.1) is 21.9 Å². The van der Waals surface area contributed by atoms with E-state index in [4.69, 9.17) is 32.8 Å². The molecule has 19 heavy (non-hydrogen) atoms. The summed E-state index contributed by atoms with van der Waals surface area (Å²) < 4.78 is 5.05. The predicted molar refractivity (Wildman–Crippen MR) is 66.0 cm³/mol. The number of rotatable bonds is 3. The highest BCUT2D eigenvalue weighted by Crippen LogP contribution is 2.47. The molecule has 2 aromatic rings. The van der Waals surface area contributed by atoms with E-state index in [1.807, 2.05) is 0 Å². The molecule has 1 N–H and O–H groups in total. The van der Waals surface area contributed by atoms with E-state index in [0.29, 0.717) is 28.1 Å². The Labute approximate surface area is 117 Å². The van der Waals surface area contributed by atoms with Crippen molar-refractivity contribution in [2.75, 3.05) is 0 Å². The van der Waals surface area contributed by atoms with E-state index in [0.717, 1.165) is 0 Å². The minimum atomic E-state index is -0.854. The minimum absolute atomic E-state index is 0.218. The first-order chi connectivity index (χ1) is 9.06. The van der Waals surface area contributed by atoms with Crippen molar-refractivity contribution in [1.82, 2.24) is 15.1 Å². The summed E-state index contributed by atoms with van der Waals surface area (Å²) in [6.45, 7) is 0. The quantitative estimate of drug-likeness (QED) is 0.937. The minimum Gasteiger partial charge on any atom is -0.481 e. The van der Waals surface area contributed by atoms with E-state index < -0.39 is 11.9 Å². The predicted octanol–water partition coefficient (Wildman–Crippen LogP) is 2.63. The maximum Gasteiger partial charge on any atom is 0.307 e. The van der Waals surface area contributed by atoms with E-state index in [2.05, 4.69) is 15.1 Å². The molecule has 1 fully saturated rings. The zero-order valence-corrected chi connectivity index (χ0v) is 10.9. The first-order valence-corrected chi connectivity index (χ1v) is 6.19. The topological polar surface area (TPSA) is 89.1 Å². The monoisotopic (exact) mass is 299 g/mol. The van der Waals surface area contributed by atoms with Crippen molar-refractivity contribution in [2.45, 2.75) is 12.3 Å². The number of halogens is 2. The van der Waals surface area contributed by atoms with Crippen LogP contribution in [0.4, 0.5) is 0 Å². The van der Waals surface area contributed by atoms with Gasteiger partial charge < -0.3 is 9.63 Å². The molecule has 0 radical (unpaired) electrons. The van der Waals surface area contributed by atoms with Crippen molar-refractivity contribution in [3.05, 3.63) is 28.2 Å². The van der Waals surface area contributed by atoms with Crippen LogP contribution in [0, 0.1) is 5.92 Å². The van der Waals surface area contributed by atoms with Gasteiger partial charge in [-0.3, -0.25) is 4.79 Å². The lowest BCUT2D eigenvalue weighted by molar-refractivity contribution is -0.138. The Morgan fingerprint density at radius 2 is 2.26 bits per heavy atom. The summed E-state index contributed by atoms with van der Waals surface area (Å²) >= 11 is 11.7. The summed E-state index contributed by atoms with van der Waals surface area (Å²) in [5.41, 5.74) is 0.355. The highest BCUT2D eigenvalue weighted by atomic mass is 35.5. The van der Waals surface area contributed by atoms with E-state index in [1.54, 1.807) is 0 Å². The van der Waals surface area contributed by atoms with E-state index in [1.165, 1.54) is 12.3 Å². The SMILES string of the molecule is O=C(O)C1CC1c1nc(-c2ncc(Cl)cc2Cl)no1. The molecule has 2 unspecified atom stereocenters. The Morgan fingerprint density at radius 1 is 1.47 bits per heavy atom. The van der Waals surface area contributed by atoms with Crippen molar-refractivity contribution < 1.29 is 14.4 Å². The maximum atomic E-state index is 10.8. The number of hydrogen-bond donors (Lipinski definition) is 1. The highest BCUT2D eigenvalue weighted by molar-refractivity contribution is 6.35. The van der Waals surface area contributed by atoms with Crippen LogP contribution >= 0.6 is 23.2 Å². The molecule has 0 spiro atoms. The Hall–Kier alpha value is -1.66. The first-order valence-electron chi connectivity index (χ1n) is 5.44. The smallest absolute Gasteiger partial charge is 0.307 e. The fraction of sp³-hybridized carbons (Fsp3) is 0.273. The van der Waals surface area contributed by atoms with Crippen LogP contribution in [0.1, 0.15) is 18.2 Å². The van der Waals surface area contributed by atoms with Crippen LogP contribution in [0.3, 0.4) is 0 Å². The second-order valence-corrected chi connectivity index (χ2v) is 5.07. The van der Waals surface area contributed by atoms with Crippen molar-refractivity contribution >= 4 is 29.2 Å². The molecule has 2 atom stereocenters. The Balaban J connectivity index is 1.88. The Morgan fingerprint density at radius 3 is 2.89 bits per heavy atom. The lowest BCUT2D eigenvalue weighted by Crippen LogP contribution is -1.99. The number of nitrogens with zero attached hydrogens (tertiary/aromatic N) is 3. The first kappa shape index (κ1) is 12.4. The number of aliphatic carboxylic acids is 1. The molecule has 1 aliphatic rings. The van der Waals surface area contributed by atoms with Crippen LogP contribution in [-0.2, 0) is 4.79 Å². The molecular formula is C11H7Cl2N3O3. The summed E-state index contributed by atoms with van der Waals surface area (Å²) in [5, 5.41) is 13.3. The molecule has 98 valence electrons. The van der Waals surface area contributed by atoms with Gasteiger partial charge >= 0.3 is 5.97 Å². The van der Waals surface area contributed by atoms with Crippen LogP contribution in [0.5, 0.6) is 0 Å². The highest BCUT2D eigenvalue weighted by Gasteiger charge is 2.48. The third-order valence-electron chi connectivity index (χ3n) is 2.89. The van der Waals surface area contributed by atoms with E-state index in [9.17, 15) is 4.79 Å². The molecule has 0 aliphatic heterocycles. The largest absolute Gasteiger partial charge is 0.481 e.